The lowest BCUT2D eigenvalue weighted by Gasteiger charge is -2.11. The van der Waals surface area contributed by atoms with Crippen molar-refractivity contribution in [2.45, 2.75) is 19.6 Å². The second-order valence-electron chi connectivity index (χ2n) is 6.80. The van der Waals surface area contributed by atoms with Gasteiger partial charge in [-0.05, 0) is 30.7 Å². The predicted molar refractivity (Wildman–Crippen MR) is 109 cm³/mol. The van der Waals surface area contributed by atoms with E-state index >= 15 is 0 Å². The lowest BCUT2D eigenvalue weighted by atomic mass is 10.1. The summed E-state index contributed by atoms with van der Waals surface area (Å²) in [6.45, 7) is 1.83. The number of hydrogen-bond donors (Lipinski definition) is 1. The average Bonchev–Trinajstić information content (AvgIpc) is 2.73. The zero-order chi connectivity index (χ0) is 22.6. The van der Waals surface area contributed by atoms with Crippen LogP contribution < -0.4 is 11.3 Å². The van der Waals surface area contributed by atoms with Crippen molar-refractivity contribution >= 4 is 11.8 Å². The van der Waals surface area contributed by atoms with Crippen LogP contribution >= 0.6 is 0 Å². The number of oxime groups is 1. The van der Waals surface area contributed by atoms with E-state index in [2.05, 4.69) is 5.16 Å². The first-order valence-corrected chi connectivity index (χ1v) is 9.12. The van der Waals surface area contributed by atoms with Gasteiger partial charge < -0.3 is 15.1 Å². The molecule has 31 heavy (non-hydrogen) atoms. The Morgan fingerprint density at radius 1 is 1.00 bits per heavy atom. The van der Waals surface area contributed by atoms with Crippen LogP contribution in [0.4, 0.5) is 13.2 Å². The number of carbonyl (C=O) groups excluding carboxylic acids is 1. The maximum absolute atomic E-state index is 12.9. The van der Waals surface area contributed by atoms with Crippen molar-refractivity contribution in [3.8, 4) is 0 Å². The van der Waals surface area contributed by atoms with Gasteiger partial charge in [-0.25, -0.2) is 4.79 Å². The summed E-state index contributed by atoms with van der Waals surface area (Å²) >= 11 is 0. The summed E-state index contributed by atoms with van der Waals surface area (Å²) in [6.07, 6.45) is -3.77. The maximum atomic E-state index is 12.9. The van der Waals surface area contributed by atoms with E-state index in [1.807, 2.05) is 6.92 Å². The molecule has 0 fully saturated rings. The van der Waals surface area contributed by atoms with Gasteiger partial charge in [-0.2, -0.15) is 13.2 Å². The van der Waals surface area contributed by atoms with Crippen LogP contribution in [0.2, 0.25) is 0 Å². The molecule has 2 aromatic carbocycles. The molecule has 0 spiro atoms. The third-order valence-electron chi connectivity index (χ3n) is 4.43. The standard InChI is InChI=1S/C22H18F3N3O3/c1-14-2-6-17(7-3-14)21(30)31-27-20(26)16-8-4-15(5-9-16)12-28-13-18(22(23,24)25)10-11-19(28)29/h2-11,13H,12H2,1H3,(H2,26,27). The van der Waals surface area contributed by atoms with Crippen LogP contribution in [0.5, 0.6) is 0 Å². The number of nitrogens with two attached hydrogens (primary N) is 1. The normalized spacial score (nSPS) is 11.9. The van der Waals surface area contributed by atoms with Crippen molar-refractivity contribution in [3.63, 3.8) is 0 Å². The van der Waals surface area contributed by atoms with Gasteiger partial charge in [0.25, 0.3) is 5.56 Å². The van der Waals surface area contributed by atoms with Gasteiger partial charge in [-0.15, -0.1) is 0 Å². The van der Waals surface area contributed by atoms with E-state index in [1.165, 1.54) is 0 Å². The number of halogens is 3. The zero-order valence-corrected chi connectivity index (χ0v) is 16.4. The molecule has 6 nitrogen and oxygen atoms in total. The summed E-state index contributed by atoms with van der Waals surface area (Å²) < 4.78 is 39.5. The van der Waals surface area contributed by atoms with Crippen molar-refractivity contribution in [2.24, 2.45) is 10.9 Å². The molecule has 0 radical (unpaired) electrons. The summed E-state index contributed by atoms with van der Waals surface area (Å²) in [5.41, 5.74) is 6.71. The number of rotatable bonds is 5. The van der Waals surface area contributed by atoms with Crippen molar-refractivity contribution < 1.29 is 22.8 Å². The number of amidine groups is 1. The molecule has 160 valence electrons. The van der Waals surface area contributed by atoms with Crippen LogP contribution in [0.3, 0.4) is 0 Å². The first-order chi connectivity index (χ1) is 14.6. The molecule has 0 saturated carbocycles. The Hall–Kier alpha value is -3.88. The van der Waals surface area contributed by atoms with E-state index in [0.717, 1.165) is 28.5 Å². The number of nitrogens with zero attached hydrogens (tertiary/aromatic N) is 2. The molecule has 1 aromatic heterocycles. The molecule has 0 amide bonds. The van der Waals surface area contributed by atoms with Gasteiger partial charge in [0.2, 0.25) is 0 Å². The molecule has 0 aliphatic carbocycles. The number of pyridine rings is 1. The van der Waals surface area contributed by atoms with Gasteiger partial charge in [0, 0.05) is 17.8 Å². The number of carbonyl (C=O) groups is 1. The molecule has 9 heteroatoms. The Bertz CT molecular complexity index is 1170. The van der Waals surface area contributed by atoms with Gasteiger partial charge in [0.15, 0.2) is 5.84 Å². The number of benzene rings is 2. The van der Waals surface area contributed by atoms with Crippen LogP contribution in [0, 0.1) is 6.92 Å². The molecule has 1 heterocycles. The summed E-state index contributed by atoms with van der Waals surface area (Å²) in [7, 11) is 0. The fourth-order valence-corrected chi connectivity index (χ4v) is 2.69. The highest BCUT2D eigenvalue weighted by molar-refractivity contribution is 5.98. The third kappa shape index (κ3) is 5.59. The van der Waals surface area contributed by atoms with Crippen molar-refractivity contribution in [3.05, 3.63) is 105 Å². The largest absolute Gasteiger partial charge is 0.417 e. The van der Waals surface area contributed by atoms with Gasteiger partial charge in [-0.1, -0.05) is 47.1 Å². The quantitative estimate of drug-likeness (QED) is 0.290. The highest BCUT2D eigenvalue weighted by Gasteiger charge is 2.31. The van der Waals surface area contributed by atoms with E-state index in [-0.39, 0.29) is 12.4 Å². The van der Waals surface area contributed by atoms with Crippen molar-refractivity contribution in [1.82, 2.24) is 4.57 Å². The molecule has 2 N–H and O–H groups in total. The molecule has 3 aromatic rings. The second-order valence-corrected chi connectivity index (χ2v) is 6.80. The van der Waals surface area contributed by atoms with Crippen LogP contribution in [0.1, 0.15) is 32.6 Å². The summed E-state index contributed by atoms with van der Waals surface area (Å²) in [5, 5.41) is 3.62. The highest BCUT2D eigenvalue weighted by Crippen LogP contribution is 2.28. The SMILES string of the molecule is Cc1ccc(C(=O)ON=C(N)c2ccc(Cn3cc(C(F)(F)F)ccc3=O)cc2)cc1. The van der Waals surface area contributed by atoms with E-state index in [1.54, 1.807) is 48.5 Å². The second kappa shape index (κ2) is 8.86. The van der Waals surface area contributed by atoms with Crippen LogP contribution in [0.25, 0.3) is 0 Å². The smallest absolute Gasteiger partial charge is 0.380 e. The Kier molecular flexibility index (Phi) is 6.24. The molecule has 0 unspecified atom stereocenters. The topological polar surface area (TPSA) is 86.7 Å². The summed E-state index contributed by atoms with van der Waals surface area (Å²) in [4.78, 5) is 28.7. The minimum atomic E-state index is -4.54. The van der Waals surface area contributed by atoms with E-state index in [0.29, 0.717) is 16.7 Å². The highest BCUT2D eigenvalue weighted by atomic mass is 19.4. The fourth-order valence-electron chi connectivity index (χ4n) is 2.69. The molecule has 0 aliphatic heterocycles. The van der Waals surface area contributed by atoms with Gasteiger partial charge >= 0.3 is 12.1 Å². The number of alkyl halides is 3. The molecule has 0 bridgehead atoms. The molecule has 0 aliphatic rings. The minimum absolute atomic E-state index is 0.0525. The van der Waals surface area contributed by atoms with E-state index < -0.39 is 23.3 Å². The van der Waals surface area contributed by atoms with Crippen molar-refractivity contribution in [1.29, 1.82) is 0 Å². The molecule has 0 saturated heterocycles. The monoisotopic (exact) mass is 429 g/mol. The Labute approximate surface area is 175 Å². The number of hydrogen-bond acceptors (Lipinski definition) is 4. The van der Waals surface area contributed by atoms with Gasteiger partial charge in [0.1, 0.15) is 0 Å². The van der Waals surface area contributed by atoms with Gasteiger partial charge in [-0.3, -0.25) is 4.79 Å². The first kappa shape index (κ1) is 21.8. The lowest BCUT2D eigenvalue weighted by molar-refractivity contribution is -0.138. The Balaban J connectivity index is 1.70. The average molecular weight is 429 g/mol. The zero-order valence-electron chi connectivity index (χ0n) is 16.4. The Morgan fingerprint density at radius 3 is 2.23 bits per heavy atom. The summed E-state index contributed by atoms with van der Waals surface area (Å²) in [6, 6.07) is 14.7. The number of aromatic nitrogens is 1. The first-order valence-electron chi connectivity index (χ1n) is 9.12. The molecule has 0 atom stereocenters. The Morgan fingerprint density at radius 2 is 1.61 bits per heavy atom. The van der Waals surface area contributed by atoms with Crippen LogP contribution in [-0.4, -0.2) is 16.4 Å². The molecular weight excluding hydrogens is 411 g/mol. The third-order valence-corrected chi connectivity index (χ3v) is 4.43. The van der Waals surface area contributed by atoms with E-state index in [4.69, 9.17) is 10.6 Å². The van der Waals surface area contributed by atoms with Gasteiger partial charge in [0.05, 0.1) is 17.7 Å². The maximum Gasteiger partial charge on any atom is 0.417 e. The molecule has 3 rings (SSSR count). The predicted octanol–water partition coefficient (Wildman–Crippen LogP) is 3.70. The summed E-state index contributed by atoms with van der Waals surface area (Å²) in [5.74, 6) is -0.716. The van der Waals surface area contributed by atoms with Crippen molar-refractivity contribution in [2.75, 3.05) is 0 Å². The van der Waals surface area contributed by atoms with Crippen LogP contribution in [0.15, 0.2) is 76.8 Å². The van der Waals surface area contributed by atoms with Crippen LogP contribution in [-0.2, 0) is 17.6 Å². The lowest BCUT2D eigenvalue weighted by Crippen LogP contribution is -2.22. The number of aryl methyl sites for hydroxylation is 1. The molecular formula is C22H18F3N3O3. The van der Waals surface area contributed by atoms with E-state index in [9.17, 15) is 22.8 Å². The fraction of sp³-hybridized carbons (Fsp3) is 0.136. The minimum Gasteiger partial charge on any atom is -0.380 e.